The highest BCUT2D eigenvalue weighted by Gasteiger charge is 2.41. The van der Waals surface area contributed by atoms with Crippen LogP contribution in [0.15, 0.2) is 72.9 Å². The minimum absolute atomic E-state index is 0.0103. The molecular formula is C52H57ClF4N8O6. The first kappa shape index (κ1) is 50.7. The third kappa shape index (κ3) is 11.3. The molecule has 6 aromatic rings. The summed E-state index contributed by atoms with van der Waals surface area (Å²) in [7, 11) is 5.15. The molecule has 1 unspecified atom stereocenters. The zero-order valence-electron chi connectivity index (χ0n) is 40.9. The molecule has 0 saturated carbocycles. The van der Waals surface area contributed by atoms with E-state index in [1.807, 2.05) is 43.1 Å². The zero-order chi connectivity index (χ0) is 50.8. The van der Waals surface area contributed by atoms with Crippen molar-refractivity contribution in [1.82, 2.24) is 24.8 Å². The van der Waals surface area contributed by atoms with Crippen LogP contribution in [0.5, 0.6) is 23.3 Å². The van der Waals surface area contributed by atoms with Gasteiger partial charge in [0.25, 0.3) is 0 Å². The monoisotopic (exact) mass is 1000 g/mol. The second kappa shape index (κ2) is 21.0. The van der Waals surface area contributed by atoms with Gasteiger partial charge in [-0.15, -0.1) is 0 Å². The Morgan fingerprint density at radius 2 is 1.63 bits per heavy atom. The molecular weight excluding hydrogens is 944 g/mol. The number of carbonyl (C=O) groups is 1. The molecule has 1 amide bonds. The number of methoxy groups -OCH3 is 2. The fourth-order valence-corrected chi connectivity index (χ4v) is 9.44. The lowest BCUT2D eigenvalue weighted by Crippen LogP contribution is -2.32. The molecule has 376 valence electrons. The Kier molecular flexibility index (Phi) is 15.0. The van der Waals surface area contributed by atoms with Crippen molar-refractivity contribution in [2.24, 2.45) is 0 Å². The van der Waals surface area contributed by atoms with Crippen LogP contribution >= 0.6 is 11.6 Å². The summed E-state index contributed by atoms with van der Waals surface area (Å²) >= 11 is 7.23. The number of nitrogens with zero attached hydrogens (tertiary/aromatic N) is 7. The molecule has 19 heteroatoms. The summed E-state index contributed by atoms with van der Waals surface area (Å²) in [6.07, 6.45) is -1.58. The van der Waals surface area contributed by atoms with Gasteiger partial charge in [-0.2, -0.15) is 23.1 Å². The smallest absolute Gasteiger partial charge is 0.418 e. The number of pyridine rings is 2. The second-order valence-corrected chi connectivity index (χ2v) is 19.0. The van der Waals surface area contributed by atoms with Crippen LogP contribution in [0.4, 0.5) is 39.8 Å². The number of nitrogens with one attached hydrogen (secondary N) is 1. The lowest BCUT2D eigenvalue weighted by molar-refractivity contribution is -0.137. The number of likely N-dealkylation sites (tertiary alicyclic amines) is 1. The molecule has 0 aliphatic carbocycles. The number of alkyl halides is 3. The van der Waals surface area contributed by atoms with Crippen molar-refractivity contribution in [1.29, 1.82) is 0 Å². The fourth-order valence-electron chi connectivity index (χ4n) is 9.11. The van der Waals surface area contributed by atoms with Crippen LogP contribution in [0.2, 0.25) is 5.02 Å². The van der Waals surface area contributed by atoms with Crippen molar-refractivity contribution in [3.8, 4) is 34.5 Å². The molecule has 2 aliphatic rings. The van der Waals surface area contributed by atoms with Crippen molar-refractivity contribution in [3.05, 3.63) is 112 Å². The second-order valence-electron chi connectivity index (χ2n) is 18.7. The molecule has 2 atom stereocenters. The molecule has 8 rings (SSSR count). The van der Waals surface area contributed by atoms with Gasteiger partial charge in [0, 0.05) is 30.9 Å². The van der Waals surface area contributed by atoms with Gasteiger partial charge in [-0.05, 0) is 121 Å². The number of halogens is 5. The van der Waals surface area contributed by atoms with Gasteiger partial charge < -0.3 is 38.4 Å². The summed E-state index contributed by atoms with van der Waals surface area (Å²) in [6.45, 7) is 9.94. The molecule has 3 aromatic carbocycles. The van der Waals surface area contributed by atoms with Crippen LogP contribution in [0, 0.1) is 12.7 Å². The highest BCUT2D eigenvalue weighted by Crippen LogP contribution is 2.51. The third-order valence-electron chi connectivity index (χ3n) is 12.6. The molecule has 1 fully saturated rings. The minimum atomic E-state index is -5.01. The Hall–Kier alpha value is -6.66. The Morgan fingerprint density at radius 1 is 0.972 bits per heavy atom. The van der Waals surface area contributed by atoms with Crippen molar-refractivity contribution in [2.45, 2.75) is 90.8 Å². The van der Waals surface area contributed by atoms with Crippen molar-refractivity contribution in [3.63, 3.8) is 0 Å². The van der Waals surface area contributed by atoms with E-state index in [-0.39, 0.29) is 84.6 Å². The van der Waals surface area contributed by atoms with Crippen LogP contribution in [0.1, 0.15) is 80.8 Å². The molecule has 5 heterocycles. The predicted molar refractivity (Wildman–Crippen MR) is 264 cm³/mol. The number of aromatic nitrogens is 4. The van der Waals surface area contributed by atoms with Gasteiger partial charge in [-0.1, -0.05) is 41.9 Å². The quantitative estimate of drug-likeness (QED) is 0.0978. The van der Waals surface area contributed by atoms with E-state index in [2.05, 4.69) is 20.2 Å². The van der Waals surface area contributed by atoms with Crippen molar-refractivity contribution < 1.29 is 46.0 Å². The molecule has 2 aliphatic heterocycles. The molecule has 0 bridgehead atoms. The predicted octanol–water partition coefficient (Wildman–Crippen LogP) is 11.6. The van der Waals surface area contributed by atoms with Crippen molar-refractivity contribution in [2.75, 3.05) is 62.7 Å². The maximum atomic E-state index is 18.1. The normalized spacial score (nSPS) is 15.5. The van der Waals surface area contributed by atoms with E-state index >= 15 is 17.6 Å². The molecule has 71 heavy (non-hydrogen) atoms. The largest absolute Gasteiger partial charge is 0.497 e. The molecule has 0 radical (unpaired) electrons. The number of rotatable bonds is 15. The minimum Gasteiger partial charge on any atom is -0.497 e. The summed E-state index contributed by atoms with van der Waals surface area (Å²) < 4.78 is 93.6. The lowest BCUT2D eigenvalue weighted by Gasteiger charge is -2.31. The number of aryl methyl sites for hydroxylation is 1. The highest BCUT2D eigenvalue weighted by molar-refractivity contribution is 6.36. The van der Waals surface area contributed by atoms with Gasteiger partial charge in [0.15, 0.2) is 11.6 Å². The van der Waals surface area contributed by atoms with E-state index in [0.29, 0.717) is 23.5 Å². The van der Waals surface area contributed by atoms with E-state index in [0.717, 1.165) is 30.5 Å². The highest BCUT2D eigenvalue weighted by atomic mass is 35.5. The Labute approximate surface area is 415 Å². The Morgan fingerprint density at radius 3 is 2.23 bits per heavy atom. The summed E-state index contributed by atoms with van der Waals surface area (Å²) in [5.41, 5.74) is -1.83. The topological polar surface area (TPSA) is 137 Å². The van der Waals surface area contributed by atoms with E-state index in [1.165, 1.54) is 19.2 Å². The number of anilines is 3. The van der Waals surface area contributed by atoms with Crippen LogP contribution in [0.25, 0.3) is 22.2 Å². The number of carbonyl (C=O) groups excluding carboxylic acids is 1. The van der Waals surface area contributed by atoms with E-state index < -0.39 is 51.6 Å². The summed E-state index contributed by atoms with van der Waals surface area (Å²) in [5.74, 6) is 0.401. The van der Waals surface area contributed by atoms with Crippen LogP contribution in [-0.2, 0) is 24.0 Å². The molecule has 0 spiro atoms. The fraction of sp³-hybridized carbons (Fsp3) is 0.404. The average Bonchev–Trinajstić information content (AvgIpc) is 3.63. The molecule has 1 saturated heterocycles. The van der Waals surface area contributed by atoms with Gasteiger partial charge in [0.05, 0.1) is 60.6 Å². The Bertz CT molecular complexity index is 2840. The van der Waals surface area contributed by atoms with E-state index in [4.69, 9.17) is 45.3 Å². The zero-order valence-corrected chi connectivity index (χ0v) is 41.7. The van der Waals surface area contributed by atoms with Crippen LogP contribution < -0.4 is 34.1 Å². The molecule has 3 aromatic heterocycles. The summed E-state index contributed by atoms with van der Waals surface area (Å²) in [6, 6.07) is 18.8. The van der Waals surface area contributed by atoms with Gasteiger partial charge >= 0.3 is 18.3 Å². The summed E-state index contributed by atoms with van der Waals surface area (Å²) in [4.78, 5) is 37.5. The van der Waals surface area contributed by atoms with Gasteiger partial charge in [-0.25, -0.2) is 19.2 Å². The maximum absolute atomic E-state index is 18.1. The number of amides is 1. The first-order valence-electron chi connectivity index (χ1n) is 23.3. The molecule has 14 nitrogen and oxygen atoms in total. The van der Waals surface area contributed by atoms with Crippen LogP contribution in [0.3, 0.4) is 0 Å². The van der Waals surface area contributed by atoms with Gasteiger partial charge in [0.2, 0.25) is 0 Å². The van der Waals surface area contributed by atoms with Gasteiger partial charge in [0.1, 0.15) is 46.7 Å². The summed E-state index contributed by atoms with van der Waals surface area (Å²) in [5, 5.41) is 2.30. The van der Waals surface area contributed by atoms with Crippen molar-refractivity contribution >= 4 is 46.1 Å². The average molecular weight is 1000 g/mol. The lowest BCUT2D eigenvalue weighted by atomic mass is 9.98. The molecule has 1 N–H and O–H groups in total. The SMILES string of the molecule is COc1ccc(CN(Cc2ccc(OC)cc2)c2cc(C)c(C(F)(F)F)c(-c3c(Cl)c4c5c(nc(OCCC6CCCN6C)nc5c3F)N([C@H](C)c3cccnc3NC(=O)OC(C)(C)C)CCO4)n2)cc1. The van der Waals surface area contributed by atoms with Gasteiger partial charge in [-0.3, -0.25) is 5.32 Å². The third-order valence-corrected chi connectivity index (χ3v) is 13.0. The first-order chi connectivity index (χ1) is 33.8. The van der Waals surface area contributed by atoms with E-state index in [1.54, 1.807) is 76.3 Å². The number of ether oxygens (including phenoxy) is 5. The number of hydrogen-bond donors (Lipinski definition) is 1. The number of hydrogen-bond acceptors (Lipinski definition) is 13. The van der Waals surface area contributed by atoms with Crippen LogP contribution in [-0.4, -0.2) is 90.1 Å². The Balaban J connectivity index is 1.30. The van der Waals surface area contributed by atoms with E-state index in [9.17, 15) is 4.79 Å². The number of benzene rings is 3. The first-order valence-corrected chi connectivity index (χ1v) is 23.7. The maximum Gasteiger partial charge on any atom is 0.418 e. The standard InChI is InChI=1S/C52H57ClF4N8O6/c1-30-27-38(64(28-32-13-17-35(67-7)18-14-32)29-33-15-19-36(68-8)20-16-33)59-44(41(30)52(55,56)57)39-42(53)46-40-45(43(39)54)60-49(70-25-21-34-11-10-23-63(34)6)62-48(40)65(24-26-69-46)31(2)37-12-9-22-58-47(37)61-50(66)71-51(3,4)5/h9,12-20,22,27,31,34H,10-11,21,23-26,28-29H2,1-8H3,(H,58,61,66)/t31-,34?/m1/s1.